The molecule has 4 nitrogen and oxygen atoms in total. The van der Waals surface area contributed by atoms with Gasteiger partial charge in [0, 0.05) is 11.3 Å². The van der Waals surface area contributed by atoms with E-state index in [4.69, 9.17) is 5.26 Å². The first-order chi connectivity index (χ1) is 11.7. The zero-order valence-electron chi connectivity index (χ0n) is 12.7. The average Bonchev–Trinajstić information content (AvgIpc) is 2.62. The molecule has 4 heteroatoms. The predicted molar refractivity (Wildman–Crippen MR) is 92.7 cm³/mol. The van der Waals surface area contributed by atoms with E-state index in [-0.39, 0.29) is 11.7 Å². The van der Waals surface area contributed by atoms with Gasteiger partial charge in [-0.25, -0.2) is 0 Å². The summed E-state index contributed by atoms with van der Waals surface area (Å²) in [5.41, 5.74) is 3.38. The number of nitrogens with zero attached hydrogens (tertiary/aromatic N) is 1. The van der Waals surface area contributed by atoms with Crippen LogP contribution in [0, 0.1) is 11.3 Å². The van der Waals surface area contributed by atoms with Crippen molar-refractivity contribution in [1.29, 1.82) is 5.26 Å². The minimum Gasteiger partial charge on any atom is -0.508 e. The number of anilines is 1. The number of phenols is 1. The van der Waals surface area contributed by atoms with Gasteiger partial charge in [0.2, 0.25) is 0 Å². The lowest BCUT2D eigenvalue weighted by Crippen LogP contribution is -2.11. The minimum absolute atomic E-state index is 0.199. The van der Waals surface area contributed by atoms with E-state index >= 15 is 0 Å². The van der Waals surface area contributed by atoms with Crippen molar-refractivity contribution in [1.82, 2.24) is 0 Å². The molecule has 3 aromatic carbocycles. The molecule has 0 saturated carbocycles. The number of nitriles is 1. The predicted octanol–water partition coefficient (Wildman–Crippen LogP) is 4.18. The molecule has 0 radical (unpaired) electrons. The van der Waals surface area contributed by atoms with Gasteiger partial charge < -0.3 is 10.4 Å². The Bertz CT molecular complexity index is 925. The molecule has 0 atom stereocenters. The molecule has 116 valence electrons. The van der Waals surface area contributed by atoms with Crippen molar-refractivity contribution >= 4 is 11.6 Å². The molecule has 0 heterocycles. The molecule has 2 N–H and O–H groups in total. The second-order valence-corrected chi connectivity index (χ2v) is 5.27. The monoisotopic (exact) mass is 314 g/mol. The van der Waals surface area contributed by atoms with Crippen molar-refractivity contribution in [2.75, 3.05) is 5.32 Å². The van der Waals surface area contributed by atoms with Crippen molar-refractivity contribution in [3.8, 4) is 22.9 Å². The molecule has 3 aromatic rings. The molecule has 0 aliphatic rings. The first-order valence-corrected chi connectivity index (χ1v) is 7.37. The van der Waals surface area contributed by atoms with E-state index in [1.807, 2.05) is 18.2 Å². The quantitative estimate of drug-likeness (QED) is 0.761. The number of hydrogen-bond donors (Lipinski definition) is 2. The van der Waals surface area contributed by atoms with E-state index in [2.05, 4.69) is 5.32 Å². The van der Waals surface area contributed by atoms with E-state index in [1.165, 1.54) is 0 Å². The molecule has 0 unspecified atom stereocenters. The highest BCUT2D eigenvalue weighted by Crippen LogP contribution is 2.23. The van der Waals surface area contributed by atoms with Crippen molar-refractivity contribution in [3.63, 3.8) is 0 Å². The number of benzene rings is 3. The molecule has 24 heavy (non-hydrogen) atoms. The van der Waals surface area contributed by atoms with Crippen LogP contribution in [0.2, 0.25) is 0 Å². The van der Waals surface area contributed by atoms with Crippen molar-refractivity contribution in [2.24, 2.45) is 0 Å². The number of rotatable bonds is 3. The molecule has 0 saturated heterocycles. The SMILES string of the molecule is N#Cc1cccc(NC(=O)c2cccc(-c3ccc(O)cc3)c2)c1. The van der Waals surface area contributed by atoms with Crippen LogP contribution < -0.4 is 5.32 Å². The Kier molecular flexibility index (Phi) is 4.26. The number of amides is 1. The van der Waals surface area contributed by atoms with Gasteiger partial charge in [-0.3, -0.25) is 4.79 Å². The number of aromatic hydroxyl groups is 1. The van der Waals surface area contributed by atoms with Gasteiger partial charge in [0.05, 0.1) is 11.6 Å². The van der Waals surface area contributed by atoms with Crippen LogP contribution in [0.5, 0.6) is 5.75 Å². The Balaban J connectivity index is 1.84. The Morgan fingerprint density at radius 3 is 2.42 bits per heavy atom. The third kappa shape index (κ3) is 3.42. The van der Waals surface area contributed by atoms with Gasteiger partial charge >= 0.3 is 0 Å². The summed E-state index contributed by atoms with van der Waals surface area (Å²) in [5, 5.41) is 21.1. The zero-order chi connectivity index (χ0) is 16.9. The molecule has 0 spiro atoms. The normalized spacial score (nSPS) is 9.96. The molecule has 0 aliphatic heterocycles. The second-order valence-electron chi connectivity index (χ2n) is 5.27. The third-order valence-corrected chi connectivity index (χ3v) is 3.57. The lowest BCUT2D eigenvalue weighted by atomic mass is 10.0. The summed E-state index contributed by atoms with van der Waals surface area (Å²) >= 11 is 0. The first kappa shape index (κ1) is 15.3. The maximum Gasteiger partial charge on any atom is 0.255 e. The van der Waals surface area contributed by atoms with Crippen molar-refractivity contribution in [2.45, 2.75) is 0 Å². The lowest BCUT2D eigenvalue weighted by Gasteiger charge is -2.08. The highest BCUT2D eigenvalue weighted by molar-refractivity contribution is 6.05. The fourth-order valence-electron chi connectivity index (χ4n) is 2.36. The van der Waals surface area contributed by atoms with Crippen molar-refractivity contribution < 1.29 is 9.90 Å². The Labute approximate surface area is 139 Å². The van der Waals surface area contributed by atoms with E-state index in [0.29, 0.717) is 16.8 Å². The number of hydrogen-bond acceptors (Lipinski definition) is 3. The van der Waals surface area contributed by atoms with E-state index in [9.17, 15) is 9.90 Å². The van der Waals surface area contributed by atoms with E-state index in [0.717, 1.165) is 11.1 Å². The summed E-state index contributed by atoms with van der Waals surface area (Å²) in [6.45, 7) is 0. The second kappa shape index (κ2) is 6.67. The fourth-order valence-corrected chi connectivity index (χ4v) is 2.36. The van der Waals surface area contributed by atoms with Gasteiger partial charge in [-0.15, -0.1) is 0 Å². The summed E-state index contributed by atoms with van der Waals surface area (Å²) in [6, 6.07) is 22.8. The van der Waals surface area contributed by atoms with Gasteiger partial charge in [-0.1, -0.05) is 30.3 Å². The average molecular weight is 314 g/mol. The highest BCUT2D eigenvalue weighted by atomic mass is 16.3. The first-order valence-electron chi connectivity index (χ1n) is 7.37. The molecule has 1 amide bonds. The number of carbonyl (C=O) groups is 1. The van der Waals surface area contributed by atoms with Crippen LogP contribution in [-0.2, 0) is 0 Å². The smallest absolute Gasteiger partial charge is 0.255 e. The van der Waals surface area contributed by atoms with Crippen LogP contribution in [0.15, 0.2) is 72.8 Å². The molecular formula is C20H14N2O2. The summed E-state index contributed by atoms with van der Waals surface area (Å²) in [7, 11) is 0. The molecule has 0 fully saturated rings. The van der Waals surface area contributed by atoms with Gasteiger partial charge in [0.15, 0.2) is 0 Å². The number of nitrogens with one attached hydrogen (secondary N) is 1. The molecular weight excluding hydrogens is 300 g/mol. The fraction of sp³-hybridized carbons (Fsp3) is 0. The van der Waals surface area contributed by atoms with E-state index < -0.39 is 0 Å². The summed E-state index contributed by atoms with van der Waals surface area (Å²) in [5.74, 6) is -0.0456. The standard InChI is InChI=1S/C20H14N2O2/c21-13-14-3-1-6-18(11-14)22-20(24)17-5-2-4-16(12-17)15-7-9-19(23)10-8-15/h1-12,23H,(H,22,24). The molecule has 0 aromatic heterocycles. The van der Waals surface area contributed by atoms with Gasteiger partial charge in [0.1, 0.15) is 5.75 Å². The van der Waals surface area contributed by atoms with Gasteiger partial charge in [-0.05, 0) is 53.6 Å². The van der Waals surface area contributed by atoms with Crippen LogP contribution in [0.1, 0.15) is 15.9 Å². The van der Waals surface area contributed by atoms with Crippen LogP contribution in [0.25, 0.3) is 11.1 Å². The molecule has 3 rings (SSSR count). The van der Waals surface area contributed by atoms with Crippen molar-refractivity contribution in [3.05, 3.63) is 83.9 Å². The maximum absolute atomic E-state index is 12.4. The zero-order valence-corrected chi connectivity index (χ0v) is 12.7. The number of carbonyl (C=O) groups excluding carboxylic acids is 1. The maximum atomic E-state index is 12.4. The summed E-state index contributed by atoms with van der Waals surface area (Å²) in [6.07, 6.45) is 0. The Morgan fingerprint density at radius 2 is 1.67 bits per heavy atom. The molecule has 0 aliphatic carbocycles. The van der Waals surface area contributed by atoms with Crippen LogP contribution in [0.4, 0.5) is 5.69 Å². The van der Waals surface area contributed by atoms with Crippen LogP contribution >= 0.6 is 0 Å². The van der Waals surface area contributed by atoms with E-state index in [1.54, 1.807) is 60.7 Å². The third-order valence-electron chi connectivity index (χ3n) is 3.57. The van der Waals surface area contributed by atoms with Gasteiger partial charge in [-0.2, -0.15) is 5.26 Å². The Hall–Kier alpha value is -3.58. The van der Waals surface area contributed by atoms with Crippen LogP contribution in [0.3, 0.4) is 0 Å². The number of phenolic OH excluding ortho intramolecular Hbond substituents is 1. The molecule has 0 bridgehead atoms. The largest absolute Gasteiger partial charge is 0.508 e. The summed E-state index contributed by atoms with van der Waals surface area (Å²) < 4.78 is 0. The Morgan fingerprint density at radius 1 is 0.917 bits per heavy atom. The minimum atomic E-state index is -0.245. The van der Waals surface area contributed by atoms with Crippen LogP contribution in [-0.4, -0.2) is 11.0 Å². The van der Waals surface area contributed by atoms with Gasteiger partial charge in [0.25, 0.3) is 5.91 Å². The summed E-state index contributed by atoms with van der Waals surface area (Å²) in [4.78, 5) is 12.4. The topological polar surface area (TPSA) is 73.1 Å². The highest BCUT2D eigenvalue weighted by Gasteiger charge is 2.08. The lowest BCUT2D eigenvalue weighted by molar-refractivity contribution is 0.102.